The van der Waals surface area contributed by atoms with Crippen LogP contribution in [0.1, 0.15) is 339 Å². The van der Waals surface area contributed by atoms with Crippen LogP contribution < -0.4 is 26.2 Å². The van der Waals surface area contributed by atoms with Crippen LogP contribution in [0.5, 0.6) is 0 Å². The summed E-state index contributed by atoms with van der Waals surface area (Å²) in [6, 6.07) is 56.6. The molecular weight excluding hydrogens is 1740 g/mol. The third-order valence-corrected chi connectivity index (χ3v) is 30.2. The van der Waals surface area contributed by atoms with Crippen molar-refractivity contribution in [3.63, 3.8) is 0 Å². The molecule has 3 aromatic heterocycles. The first-order valence-corrected chi connectivity index (χ1v) is 51.8. The van der Waals surface area contributed by atoms with E-state index < -0.39 is 105 Å². The summed E-state index contributed by atoms with van der Waals surface area (Å²) in [6.07, 6.45) is 0. The highest BCUT2D eigenvalue weighted by Crippen LogP contribution is 2.59. The number of para-hydroxylation sites is 2. The maximum Gasteiger partial charge on any atom is 0.252 e. The second-order valence-electron chi connectivity index (χ2n) is 53.6. The molecule has 0 radical (unpaired) electrons. The maximum atomic E-state index is 12.2. The van der Waals surface area contributed by atoms with E-state index in [1.54, 1.807) is 4.57 Å². The Kier molecular flexibility index (Phi) is 18.5. The van der Waals surface area contributed by atoms with Crippen LogP contribution in [0.25, 0.3) is 127 Å². The first-order valence-electron chi connectivity index (χ1n) is 60.3. The molecule has 5 heterocycles. The Morgan fingerprint density at radius 2 is 0.549 bits per heavy atom. The fraction of sp³-hybridized carbons (Fsp3) is 0.348. The van der Waals surface area contributed by atoms with E-state index in [1.165, 1.54) is 0 Å². The lowest BCUT2D eigenvalue weighted by Gasteiger charge is -2.46. The highest BCUT2D eigenvalue weighted by atomic mass is 15.2. The molecule has 0 saturated heterocycles. The van der Waals surface area contributed by atoms with Crippen molar-refractivity contribution in [3.05, 3.63) is 345 Å². The quantitative estimate of drug-likeness (QED) is 0.134. The van der Waals surface area contributed by atoms with Crippen LogP contribution in [0.2, 0.25) is 0 Å². The summed E-state index contributed by atoms with van der Waals surface area (Å²) in [4.78, 5) is 4.40. The van der Waals surface area contributed by atoms with Crippen LogP contribution in [-0.2, 0) is 65.0 Å². The Hall–Kier alpha value is -12.6. The smallest absolute Gasteiger partial charge is 0.252 e. The molecule has 2 aliphatic rings. The van der Waals surface area contributed by atoms with Gasteiger partial charge in [-0.3, -0.25) is 0 Å². The number of hydrogen-bond acceptors (Lipinski definition) is 2. The van der Waals surface area contributed by atoms with Gasteiger partial charge in [0.1, 0.15) is 0 Å². The van der Waals surface area contributed by atoms with E-state index in [-0.39, 0.29) is 153 Å². The number of anilines is 6. The minimum atomic E-state index is -1.25. The van der Waals surface area contributed by atoms with E-state index in [2.05, 4.69) is 344 Å². The zero-order chi connectivity index (χ0) is 118. The van der Waals surface area contributed by atoms with Gasteiger partial charge < -0.3 is 23.5 Å². The summed E-state index contributed by atoms with van der Waals surface area (Å²) < 4.78 is 190. The first kappa shape index (κ1) is 79.7. The van der Waals surface area contributed by atoms with E-state index in [0.717, 1.165) is 122 Å². The normalized spacial score (nSPS) is 15.6. The van der Waals surface area contributed by atoms with Crippen molar-refractivity contribution in [3.8, 4) is 61.6 Å². The lowest BCUT2D eigenvalue weighted by Crippen LogP contribution is -2.61. The molecule has 0 bridgehead atoms. The second kappa shape index (κ2) is 33.5. The van der Waals surface area contributed by atoms with E-state index >= 15 is 0 Å². The van der Waals surface area contributed by atoms with E-state index in [9.17, 15) is 23.3 Å². The molecule has 0 aliphatic carbocycles. The molecule has 2 aliphatic heterocycles. The topological polar surface area (TPSA) is 21.3 Å². The number of benzene rings is 15. The summed E-state index contributed by atoms with van der Waals surface area (Å²) >= 11 is 0. The Morgan fingerprint density at radius 3 is 0.951 bits per heavy atom. The Bertz CT molecular complexity index is 9160. The fourth-order valence-electron chi connectivity index (χ4n) is 21.8. The largest absolute Gasteiger partial charge is 0.310 e. The minimum Gasteiger partial charge on any atom is -0.310 e. The highest BCUT2D eigenvalue weighted by molar-refractivity contribution is 7.00. The van der Waals surface area contributed by atoms with Crippen LogP contribution >= 0.6 is 0 Å². The molecule has 0 saturated carbocycles. The molecule has 0 amide bonds. The van der Waals surface area contributed by atoms with Crippen molar-refractivity contribution in [1.29, 1.82) is 0 Å². The van der Waals surface area contributed by atoms with Crippen LogP contribution in [0, 0.1) is 0 Å². The summed E-state index contributed by atoms with van der Waals surface area (Å²) in [5.74, 6) is 0. The number of nitrogens with zero attached hydrogens (tertiary/aromatic N) is 5. The van der Waals surface area contributed by atoms with Crippen molar-refractivity contribution in [1.82, 2.24) is 13.7 Å². The highest BCUT2D eigenvalue weighted by Gasteiger charge is 2.48. The first-order chi connectivity index (χ1) is 74.1. The molecule has 0 atom stereocenters. The van der Waals surface area contributed by atoms with Crippen LogP contribution in [0.3, 0.4) is 0 Å². The van der Waals surface area contributed by atoms with Crippen molar-refractivity contribution < 1.29 is 23.3 Å². The van der Waals surface area contributed by atoms with Gasteiger partial charge in [0.2, 0.25) is 0 Å². The van der Waals surface area contributed by atoms with Gasteiger partial charge in [-0.05, 0) is 292 Å². The van der Waals surface area contributed by atoms with Crippen LogP contribution in [0.15, 0.2) is 279 Å². The van der Waals surface area contributed by atoms with Crippen LogP contribution in [-0.4, -0.2) is 20.4 Å². The lowest BCUT2D eigenvalue weighted by atomic mass is 9.33. The Balaban J connectivity index is 1.15. The maximum absolute atomic E-state index is 12.2. The van der Waals surface area contributed by atoms with Gasteiger partial charge in [-0.1, -0.05) is 407 Å². The van der Waals surface area contributed by atoms with Gasteiger partial charge in [0.25, 0.3) is 6.71 Å². The van der Waals surface area contributed by atoms with Gasteiger partial charge >= 0.3 is 0 Å². The SMILES string of the molecule is [2H]c1c([2H])c(C(C)(C)C)c([2H])c([2H])c1-c1c([2H])c(C(C)(C)C)c([2H])c(-c2c([2H])c(C(C)(C)C)c([2H])c([2H])c2C(C)(C)C)c1N1c2cc(-n3c4ccc(C(C)(C)C)cc4c4cc(C(C)(C)C)ccc43)ccc2B2c3ccc(-n4c5ccc(C(C)(C)C)cc5c5cc(C(C)(C)C)ccc54)cc3N(c3c(-c4ccccc4C(C)(C)C)cc(C(C)(C)C)cc3-c3ccc(C(C)(C)C)cc3C(C)(C)C)c3cc(-n4c5c([2H])c([2H])c([2H])c([2H])c5c5c([2H])c([2H])c([2H])c([2H])c54)cc1c32. The van der Waals surface area contributed by atoms with E-state index in [1.807, 2.05) is 100 Å². The predicted octanol–water partition coefficient (Wildman–Crippen LogP) is 37.3. The molecule has 15 aromatic carbocycles. The summed E-state index contributed by atoms with van der Waals surface area (Å²) in [5, 5.41) is 3.64. The fourth-order valence-corrected chi connectivity index (χ4v) is 21.8. The monoisotopic (exact) mass is 1910 g/mol. The molecular formula is C138H154BN5. The van der Waals surface area contributed by atoms with Crippen molar-refractivity contribution >= 4 is 123 Å². The van der Waals surface area contributed by atoms with Crippen molar-refractivity contribution in [2.24, 2.45) is 0 Å². The van der Waals surface area contributed by atoms with Gasteiger partial charge in [-0.25, -0.2) is 0 Å². The molecule has 0 spiro atoms. The Morgan fingerprint density at radius 1 is 0.208 bits per heavy atom. The molecule has 0 unspecified atom stereocenters. The third-order valence-electron chi connectivity index (χ3n) is 30.2. The van der Waals surface area contributed by atoms with Gasteiger partial charge in [0.15, 0.2) is 0 Å². The molecule has 144 heavy (non-hydrogen) atoms. The number of rotatable bonds is 9. The van der Waals surface area contributed by atoms with Gasteiger partial charge in [-0.15, -0.1) is 0 Å². The molecule has 5 nitrogen and oxygen atoms in total. The lowest BCUT2D eigenvalue weighted by molar-refractivity contribution is 0.569. The van der Waals surface area contributed by atoms with Gasteiger partial charge in [0, 0.05) is 88.7 Å². The van der Waals surface area contributed by atoms with Crippen molar-refractivity contribution in [2.75, 3.05) is 9.80 Å². The third kappa shape index (κ3) is 17.0. The average molecular weight is 1910 g/mol. The molecule has 20 rings (SSSR count). The minimum absolute atomic E-state index is 0.0365. The van der Waals surface area contributed by atoms with E-state index in [0.29, 0.717) is 39.4 Å². The zero-order valence-electron chi connectivity index (χ0n) is 109. The predicted molar refractivity (Wildman–Crippen MR) is 630 cm³/mol. The summed E-state index contributed by atoms with van der Waals surface area (Å²) in [7, 11) is 0. The number of fused-ring (bicyclic) bond motifs is 13. The van der Waals surface area contributed by atoms with Gasteiger partial charge in [0.05, 0.1) is 73.5 Å². The summed E-state index contributed by atoms with van der Waals surface area (Å²) in [6.45, 7) is 75.4. The van der Waals surface area contributed by atoms with Crippen LogP contribution in [0.4, 0.5) is 34.1 Å². The average Bonchev–Trinajstić information content (AvgIpc) is 1.56. The van der Waals surface area contributed by atoms with Crippen molar-refractivity contribution in [2.45, 2.75) is 314 Å². The standard InChI is InChI=1S/C138H154BN5/c1-127(2,3)84-51-49-83(50-52-84)100-74-91(134(22,23)24)77-108(101-69-85(128(4,5)6)54-62-110(101)137(31,32)33)125(100)143-120-79-93(140-116-65-55-86(129(7,8)9)70-102(116)103-71-87(130(10,11)12)56-66-117(103)140)59-63-112(120)139-113-64-60-94(141-118-67-57-88(131(13,14)15)72-104(118)105-73-89(132(16,17)18)58-68-119(105)141)80-121(113)144(123-82-95(81-122(143)124(123)139)142-114-47-41-38-44-98(114)99-45-39-42-48-115(99)142)126-106(96-43-37-40-46-109(96)136(28,29)30)75-92(135(25,26)27)76-107(126)97-61-53-90(133(19,20)21)78-111(97)138(34,35)36/h37-82H,1-36H3/i38D,39D,41D,42D,44D,45D,47D,48D,49D,50D,51D,52D,54D,62D,69D,74D,77D. The molecule has 0 fully saturated rings. The summed E-state index contributed by atoms with van der Waals surface area (Å²) in [5.41, 5.74) is 12.9. The number of hydrogen-bond donors (Lipinski definition) is 0. The zero-order valence-corrected chi connectivity index (χ0v) is 92.1. The van der Waals surface area contributed by atoms with E-state index in [4.69, 9.17) is 0 Å². The second-order valence-corrected chi connectivity index (χ2v) is 53.6. The number of aromatic nitrogens is 3. The molecule has 734 valence electrons. The molecule has 18 aromatic rings. The Labute approximate surface area is 885 Å². The van der Waals surface area contributed by atoms with Gasteiger partial charge in [-0.2, -0.15) is 0 Å². The molecule has 0 N–H and O–H groups in total. The molecule has 6 heteroatoms.